The Hall–Kier alpha value is -3.28. The Balaban J connectivity index is 1.80. The molecule has 6 heteroatoms. The lowest BCUT2D eigenvalue weighted by Crippen LogP contribution is -2.10. The van der Waals surface area contributed by atoms with Crippen LogP contribution in [-0.2, 0) is 10.2 Å². The molecule has 0 atom stereocenters. The molecule has 2 aromatic carbocycles. The van der Waals surface area contributed by atoms with Crippen LogP contribution in [0.3, 0.4) is 0 Å². The van der Waals surface area contributed by atoms with Gasteiger partial charge in [-0.2, -0.15) is 0 Å². The number of hydrogen-bond acceptors (Lipinski definition) is 5. The number of carboxylic acid groups (broad SMARTS) is 1. The summed E-state index contributed by atoms with van der Waals surface area (Å²) < 4.78 is 16.6. The zero-order chi connectivity index (χ0) is 20.3. The molecule has 0 fully saturated rings. The third-order valence-electron chi connectivity index (χ3n) is 4.25. The number of carboxylic acids is 1. The van der Waals surface area contributed by atoms with Gasteiger partial charge in [0.05, 0.1) is 18.4 Å². The first kappa shape index (κ1) is 19.5. The molecular weight excluding hydrogens is 360 g/mol. The van der Waals surface area contributed by atoms with Crippen LogP contribution in [0, 0.1) is 0 Å². The highest BCUT2D eigenvalue weighted by Gasteiger charge is 2.14. The third kappa shape index (κ3) is 4.52. The number of carbonyl (C=O) groups is 1. The van der Waals surface area contributed by atoms with Gasteiger partial charge in [0.1, 0.15) is 23.3 Å². The van der Waals surface area contributed by atoms with Gasteiger partial charge >= 0.3 is 5.97 Å². The van der Waals surface area contributed by atoms with Crippen LogP contribution in [0.5, 0.6) is 17.2 Å². The van der Waals surface area contributed by atoms with Gasteiger partial charge in [0.25, 0.3) is 0 Å². The molecule has 0 bridgehead atoms. The van der Waals surface area contributed by atoms with E-state index in [1.165, 1.54) is 11.8 Å². The van der Waals surface area contributed by atoms with Gasteiger partial charge < -0.3 is 19.0 Å². The maximum Gasteiger partial charge on any atom is 0.306 e. The molecule has 6 nitrogen and oxygen atoms in total. The molecule has 0 aliphatic carbocycles. The fraction of sp³-hybridized carbons (Fsp3) is 0.273. The largest absolute Gasteiger partial charge is 0.493 e. The lowest BCUT2D eigenvalue weighted by Gasteiger charge is -2.19. The van der Waals surface area contributed by atoms with E-state index in [-0.39, 0.29) is 29.6 Å². The van der Waals surface area contributed by atoms with Gasteiger partial charge in [-0.15, -0.1) is 0 Å². The summed E-state index contributed by atoms with van der Waals surface area (Å²) in [6.07, 6.45) is 1.16. The van der Waals surface area contributed by atoms with Crippen molar-refractivity contribution in [2.75, 3.05) is 6.61 Å². The predicted molar refractivity (Wildman–Crippen MR) is 105 cm³/mol. The van der Waals surface area contributed by atoms with Crippen LogP contribution >= 0.6 is 0 Å². The van der Waals surface area contributed by atoms with Gasteiger partial charge in [-0.3, -0.25) is 9.59 Å². The van der Waals surface area contributed by atoms with Crippen molar-refractivity contribution in [1.82, 2.24) is 0 Å². The van der Waals surface area contributed by atoms with E-state index in [2.05, 4.69) is 20.8 Å². The van der Waals surface area contributed by atoms with E-state index >= 15 is 0 Å². The van der Waals surface area contributed by atoms with Crippen molar-refractivity contribution in [2.45, 2.75) is 32.6 Å². The fourth-order valence-electron chi connectivity index (χ4n) is 2.66. The molecule has 0 spiro atoms. The highest BCUT2D eigenvalue weighted by atomic mass is 16.5. The van der Waals surface area contributed by atoms with Gasteiger partial charge in [0.2, 0.25) is 11.2 Å². The van der Waals surface area contributed by atoms with E-state index in [0.29, 0.717) is 22.5 Å². The number of benzene rings is 2. The summed E-state index contributed by atoms with van der Waals surface area (Å²) in [7, 11) is 0. The molecule has 146 valence electrons. The summed E-state index contributed by atoms with van der Waals surface area (Å²) in [6.45, 7) is 6.41. The van der Waals surface area contributed by atoms with Crippen molar-refractivity contribution < 1.29 is 23.8 Å². The Morgan fingerprint density at radius 1 is 1.07 bits per heavy atom. The maximum absolute atomic E-state index is 12.7. The number of hydrogen-bond donors (Lipinski definition) is 1. The van der Waals surface area contributed by atoms with Crippen LogP contribution in [0.2, 0.25) is 0 Å². The van der Waals surface area contributed by atoms with E-state index in [0.717, 1.165) is 0 Å². The minimum absolute atomic E-state index is 0.0325. The monoisotopic (exact) mass is 382 g/mol. The SMILES string of the molecule is CC(C)(C)c1ccc(Oc2coc3cc(OCCC(=O)O)ccc3c2=O)cc1. The smallest absolute Gasteiger partial charge is 0.306 e. The predicted octanol–water partition coefficient (Wildman–Crippen LogP) is 4.74. The minimum Gasteiger partial charge on any atom is -0.493 e. The van der Waals surface area contributed by atoms with Crippen LogP contribution in [-0.4, -0.2) is 17.7 Å². The molecule has 0 radical (unpaired) electrons. The first-order chi connectivity index (χ1) is 13.2. The van der Waals surface area contributed by atoms with E-state index < -0.39 is 5.97 Å². The summed E-state index contributed by atoms with van der Waals surface area (Å²) >= 11 is 0. The fourth-order valence-corrected chi connectivity index (χ4v) is 2.66. The Kier molecular flexibility index (Phi) is 5.40. The maximum atomic E-state index is 12.7. The summed E-state index contributed by atoms with van der Waals surface area (Å²) in [5.74, 6) is 0.136. The normalized spacial score (nSPS) is 11.4. The molecule has 1 aromatic heterocycles. The molecule has 3 aromatic rings. The van der Waals surface area contributed by atoms with Crippen LogP contribution in [0.4, 0.5) is 0 Å². The Morgan fingerprint density at radius 2 is 1.75 bits per heavy atom. The average Bonchev–Trinajstić information content (AvgIpc) is 2.63. The highest BCUT2D eigenvalue weighted by Crippen LogP contribution is 2.27. The Morgan fingerprint density at radius 3 is 2.39 bits per heavy atom. The highest BCUT2D eigenvalue weighted by molar-refractivity contribution is 5.79. The van der Waals surface area contributed by atoms with Gasteiger partial charge in [-0.1, -0.05) is 32.9 Å². The van der Waals surface area contributed by atoms with Gasteiger partial charge in [-0.25, -0.2) is 0 Å². The van der Waals surface area contributed by atoms with E-state index in [4.69, 9.17) is 19.0 Å². The van der Waals surface area contributed by atoms with Gasteiger partial charge in [-0.05, 0) is 35.2 Å². The molecule has 28 heavy (non-hydrogen) atoms. The number of rotatable bonds is 6. The molecule has 0 unspecified atom stereocenters. The average molecular weight is 382 g/mol. The van der Waals surface area contributed by atoms with Crippen LogP contribution < -0.4 is 14.9 Å². The van der Waals surface area contributed by atoms with Crippen LogP contribution in [0.25, 0.3) is 11.0 Å². The van der Waals surface area contributed by atoms with Crippen molar-refractivity contribution in [3.05, 3.63) is 64.5 Å². The topological polar surface area (TPSA) is 86.0 Å². The molecular formula is C22H22O6. The summed E-state index contributed by atoms with van der Waals surface area (Å²) in [6, 6.07) is 12.3. The molecule has 3 rings (SSSR count). The third-order valence-corrected chi connectivity index (χ3v) is 4.25. The first-order valence-electron chi connectivity index (χ1n) is 8.92. The van der Waals surface area contributed by atoms with Crippen molar-refractivity contribution in [1.29, 1.82) is 0 Å². The molecule has 0 amide bonds. The Labute approximate surface area is 162 Å². The van der Waals surface area contributed by atoms with Crippen LogP contribution in [0.15, 0.2) is 57.9 Å². The standard InChI is InChI=1S/C22H22O6/c1-22(2,3)14-4-6-15(7-5-14)28-19-13-27-18-12-16(26-11-10-20(23)24)8-9-17(18)21(19)25/h4-9,12-13H,10-11H2,1-3H3,(H,23,24). The molecule has 0 aliphatic rings. The lowest BCUT2D eigenvalue weighted by molar-refractivity contribution is -0.137. The zero-order valence-corrected chi connectivity index (χ0v) is 16.0. The molecule has 0 aliphatic heterocycles. The van der Waals surface area contributed by atoms with Crippen LogP contribution in [0.1, 0.15) is 32.8 Å². The molecule has 1 heterocycles. The van der Waals surface area contributed by atoms with Crippen molar-refractivity contribution >= 4 is 16.9 Å². The first-order valence-corrected chi connectivity index (χ1v) is 8.92. The number of aliphatic carboxylic acids is 1. The number of fused-ring (bicyclic) bond motifs is 1. The number of ether oxygens (including phenoxy) is 2. The van der Waals surface area contributed by atoms with E-state index in [1.807, 2.05) is 24.3 Å². The summed E-state index contributed by atoms with van der Waals surface area (Å²) in [5.41, 5.74) is 1.25. The molecule has 0 saturated carbocycles. The minimum atomic E-state index is -0.940. The van der Waals surface area contributed by atoms with Crippen molar-refractivity contribution in [2.24, 2.45) is 0 Å². The quantitative estimate of drug-likeness (QED) is 0.663. The summed E-state index contributed by atoms with van der Waals surface area (Å²) in [4.78, 5) is 23.2. The second-order valence-corrected chi connectivity index (χ2v) is 7.46. The Bertz CT molecular complexity index is 1040. The van der Waals surface area contributed by atoms with E-state index in [1.54, 1.807) is 18.2 Å². The zero-order valence-electron chi connectivity index (χ0n) is 16.0. The van der Waals surface area contributed by atoms with Crippen molar-refractivity contribution in [3.63, 3.8) is 0 Å². The van der Waals surface area contributed by atoms with Gasteiger partial charge in [0, 0.05) is 6.07 Å². The molecule has 0 saturated heterocycles. The van der Waals surface area contributed by atoms with Crippen molar-refractivity contribution in [3.8, 4) is 17.2 Å². The molecule has 1 N–H and O–H groups in total. The lowest BCUT2D eigenvalue weighted by atomic mass is 9.87. The van der Waals surface area contributed by atoms with Gasteiger partial charge in [0.15, 0.2) is 0 Å². The van der Waals surface area contributed by atoms with E-state index in [9.17, 15) is 9.59 Å². The second-order valence-electron chi connectivity index (χ2n) is 7.46. The second kappa shape index (κ2) is 7.76. The summed E-state index contributed by atoms with van der Waals surface area (Å²) in [5, 5.41) is 9.01.